The Labute approximate surface area is 156 Å². The highest BCUT2D eigenvalue weighted by Crippen LogP contribution is 2.31. The van der Waals surface area contributed by atoms with Crippen LogP contribution in [-0.4, -0.2) is 47.5 Å². The molecule has 0 radical (unpaired) electrons. The van der Waals surface area contributed by atoms with Gasteiger partial charge in [0.25, 0.3) is 0 Å². The maximum atomic E-state index is 12.9. The van der Waals surface area contributed by atoms with Gasteiger partial charge < -0.3 is 19.6 Å². The van der Waals surface area contributed by atoms with Gasteiger partial charge in [0.1, 0.15) is 12.3 Å². The predicted molar refractivity (Wildman–Crippen MR) is 99.5 cm³/mol. The van der Waals surface area contributed by atoms with Crippen LogP contribution in [0.1, 0.15) is 19.1 Å². The summed E-state index contributed by atoms with van der Waals surface area (Å²) in [6.45, 7) is 3.36. The number of fused-ring (bicyclic) bond motifs is 1. The molecule has 1 atom stereocenters. The third kappa shape index (κ3) is 4.08. The summed E-state index contributed by atoms with van der Waals surface area (Å²) in [5.74, 6) is 0.398. The first-order valence-corrected chi connectivity index (χ1v) is 8.51. The Morgan fingerprint density at radius 3 is 2.85 bits per heavy atom. The van der Waals surface area contributed by atoms with Gasteiger partial charge in [-0.2, -0.15) is 0 Å². The number of likely N-dealkylation sites (N-methyl/N-ethyl adjacent to an activating group) is 1. The summed E-state index contributed by atoms with van der Waals surface area (Å²) in [6.07, 6.45) is 0.175. The smallest absolute Gasteiger partial charge is 0.323 e. The fourth-order valence-electron chi connectivity index (χ4n) is 2.95. The lowest BCUT2D eigenvalue weighted by Gasteiger charge is -2.29. The number of anilines is 3. The summed E-state index contributed by atoms with van der Waals surface area (Å²) in [5, 5.41) is 9.06. The number of carbonyl (C=O) groups is 3. The van der Waals surface area contributed by atoms with Crippen LogP contribution in [-0.2, 0) is 9.59 Å². The monoisotopic (exact) mass is 371 g/mol. The fraction of sp³-hybridized carbons (Fsp3) is 0.333. The van der Waals surface area contributed by atoms with Crippen molar-refractivity contribution in [2.75, 3.05) is 29.1 Å². The van der Waals surface area contributed by atoms with Crippen molar-refractivity contribution in [2.24, 2.45) is 0 Å². The van der Waals surface area contributed by atoms with E-state index >= 15 is 0 Å². The first-order valence-electron chi connectivity index (χ1n) is 8.51. The summed E-state index contributed by atoms with van der Waals surface area (Å²) >= 11 is 0. The minimum atomic E-state index is -0.485. The van der Waals surface area contributed by atoms with E-state index < -0.39 is 6.03 Å². The number of nitrogens with zero attached hydrogens (tertiary/aromatic N) is 3. The number of aryl methyl sites for hydroxylation is 1. The topological polar surface area (TPSA) is 108 Å². The molecule has 142 valence electrons. The van der Waals surface area contributed by atoms with Gasteiger partial charge in [-0.05, 0) is 26.0 Å². The third-order valence-electron chi connectivity index (χ3n) is 4.21. The van der Waals surface area contributed by atoms with Crippen molar-refractivity contribution in [3.8, 4) is 0 Å². The molecule has 0 saturated heterocycles. The second kappa shape index (κ2) is 7.48. The molecule has 2 heterocycles. The number of amides is 4. The first-order chi connectivity index (χ1) is 12.8. The molecular weight excluding hydrogens is 350 g/mol. The van der Waals surface area contributed by atoms with Crippen LogP contribution in [0.25, 0.3) is 0 Å². The van der Waals surface area contributed by atoms with Crippen LogP contribution in [0.15, 0.2) is 34.9 Å². The van der Waals surface area contributed by atoms with Crippen LogP contribution in [0.5, 0.6) is 0 Å². The molecule has 2 aromatic rings. The Kier molecular flexibility index (Phi) is 5.11. The minimum Gasteiger partial charge on any atom is -0.360 e. The molecule has 0 aliphatic carbocycles. The van der Waals surface area contributed by atoms with Crippen molar-refractivity contribution in [1.82, 2.24) is 10.1 Å². The molecule has 0 bridgehead atoms. The number of aromatic nitrogens is 1. The maximum Gasteiger partial charge on any atom is 0.323 e. The third-order valence-corrected chi connectivity index (χ3v) is 4.21. The van der Waals surface area contributed by atoms with Gasteiger partial charge in [-0.25, -0.2) is 4.79 Å². The molecule has 4 amide bonds. The predicted octanol–water partition coefficient (Wildman–Crippen LogP) is 2.21. The highest BCUT2D eigenvalue weighted by Gasteiger charge is 2.30. The van der Waals surface area contributed by atoms with Crippen LogP contribution in [0, 0.1) is 6.92 Å². The highest BCUT2D eigenvalue weighted by atomic mass is 16.5. The quantitative estimate of drug-likeness (QED) is 0.860. The van der Waals surface area contributed by atoms with E-state index in [4.69, 9.17) is 4.52 Å². The Morgan fingerprint density at radius 2 is 2.15 bits per heavy atom. The average molecular weight is 371 g/mol. The number of carbonyl (C=O) groups excluding carboxylic acids is 3. The van der Waals surface area contributed by atoms with Crippen molar-refractivity contribution < 1.29 is 18.9 Å². The largest absolute Gasteiger partial charge is 0.360 e. The van der Waals surface area contributed by atoms with Gasteiger partial charge >= 0.3 is 6.03 Å². The summed E-state index contributed by atoms with van der Waals surface area (Å²) in [4.78, 5) is 40.0. The van der Waals surface area contributed by atoms with Gasteiger partial charge in [0, 0.05) is 25.6 Å². The molecule has 0 fully saturated rings. The Balaban J connectivity index is 1.74. The van der Waals surface area contributed by atoms with E-state index in [1.54, 1.807) is 49.1 Å². The summed E-state index contributed by atoms with van der Waals surface area (Å²) in [7, 11) is 1.51. The Morgan fingerprint density at radius 1 is 1.41 bits per heavy atom. The van der Waals surface area contributed by atoms with Crippen molar-refractivity contribution in [1.29, 1.82) is 0 Å². The van der Waals surface area contributed by atoms with Crippen LogP contribution in [0.3, 0.4) is 0 Å². The average Bonchev–Trinajstić information content (AvgIpc) is 2.95. The zero-order chi connectivity index (χ0) is 19.6. The standard InChI is InChI=1S/C18H21N5O4/c1-11-8-16(24)19-13-6-4-5-7-14(13)23(11)17(25)10-22(3)18(26)20-15-9-12(2)27-21-15/h4-7,9,11H,8,10H2,1-3H3,(H,19,24)(H,20,21,26)/t11-/m1/s1. The normalized spacial score (nSPS) is 16.2. The molecule has 1 aromatic heterocycles. The molecule has 9 nitrogen and oxygen atoms in total. The number of hydrogen-bond acceptors (Lipinski definition) is 5. The lowest BCUT2D eigenvalue weighted by atomic mass is 10.1. The maximum absolute atomic E-state index is 12.9. The molecule has 1 aliphatic heterocycles. The highest BCUT2D eigenvalue weighted by molar-refractivity contribution is 6.05. The van der Waals surface area contributed by atoms with Crippen LogP contribution < -0.4 is 15.5 Å². The molecule has 1 aromatic carbocycles. The van der Waals surface area contributed by atoms with E-state index in [0.29, 0.717) is 17.1 Å². The van der Waals surface area contributed by atoms with Gasteiger partial charge in [-0.3, -0.25) is 14.9 Å². The summed E-state index contributed by atoms with van der Waals surface area (Å²) < 4.78 is 4.90. The molecule has 0 spiro atoms. The summed E-state index contributed by atoms with van der Waals surface area (Å²) in [5.41, 5.74) is 1.19. The van der Waals surface area contributed by atoms with Gasteiger partial charge in [-0.1, -0.05) is 17.3 Å². The SMILES string of the molecule is Cc1cc(NC(=O)N(C)CC(=O)N2c3ccccc3NC(=O)C[C@H]2C)no1. The first kappa shape index (κ1) is 18.4. The zero-order valence-corrected chi connectivity index (χ0v) is 15.4. The molecule has 27 heavy (non-hydrogen) atoms. The van der Waals surface area contributed by atoms with Gasteiger partial charge in [0.05, 0.1) is 11.4 Å². The molecule has 0 saturated carbocycles. The fourth-order valence-corrected chi connectivity index (χ4v) is 2.95. The number of urea groups is 1. The molecule has 1 aliphatic rings. The van der Waals surface area contributed by atoms with Crippen LogP contribution >= 0.6 is 0 Å². The van der Waals surface area contributed by atoms with Gasteiger partial charge in [-0.15, -0.1) is 0 Å². The molecule has 3 rings (SSSR count). The van der Waals surface area contributed by atoms with Gasteiger partial charge in [0.2, 0.25) is 11.8 Å². The Bertz CT molecular complexity index is 878. The lowest BCUT2D eigenvalue weighted by molar-refractivity contribution is -0.119. The second-order valence-electron chi connectivity index (χ2n) is 6.49. The van der Waals surface area contributed by atoms with Crippen molar-refractivity contribution >= 4 is 35.0 Å². The minimum absolute atomic E-state index is 0.155. The molecule has 2 N–H and O–H groups in total. The van der Waals surface area contributed by atoms with E-state index in [0.717, 1.165) is 0 Å². The summed E-state index contributed by atoms with van der Waals surface area (Å²) in [6, 6.07) is 7.86. The van der Waals surface area contributed by atoms with Crippen LogP contribution in [0.2, 0.25) is 0 Å². The molecular formula is C18H21N5O4. The van der Waals surface area contributed by atoms with E-state index in [2.05, 4.69) is 15.8 Å². The number of benzene rings is 1. The zero-order valence-electron chi connectivity index (χ0n) is 15.4. The van der Waals surface area contributed by atoms with Gasteiger partial charge in [0.15, 0.2) is 5.82 Å². The lowest BCUT2D eigenvalue weighted by Crippen LogP contribution is -2.46. The van der Waals surface area contributed by atoms with Crippen molar-refractivity contribution in [2.45, 2.75) is 26.3 Å². The van der Waals surface area contributed by atoms with Crippen molar-refractivity contribution in [3.05, 3.63) is 36.1 Å². The number of rotatable bonds is 3. The van der Waals surface area contributed by atoms with Crippen LogP contribution in [0.4, 0.5) is 22.0 Å². The van der Waals surface area contributed by atoms with E-state index in [-0.39, 0.29) is 36.6 Å². The van der Waals surface area contributed by atoms with Crippen molar-refractivity contribution in [3.63, 3.8) is 0 Å². The number of para-hydroxylation sites is 2. The molecule has 9 heteroatoms. The van der Waals surface area contributed by atoms with E-state index in [1.807, 2.05) is 0 Å². The second-order valence-corrected chi connectivity index (χ2v) is 6.49. The van der Waals surface area contributed by atoms with E-state index in [9.17, 15) is 14.4 Å². The number of nitrogens with one attached hydrogen (secondary N) is 2. The molecule has 0 unspecified atom stereocenters. The number of hydrogen-bond donors (Lipinski definition) is 2. The Hall–Kier alpha value is -3.36. The van der Waals surface area contributed by atoms with E-state index in [1.165, 1.54) is 11.9 Å².